The van der Waals surface area contributed by atoms with Gasteiger partial charge in [0.1, 0.15) is 5.82 Å². The van der Waals surface area contributed by atoms with Crippen LogP contribution in [-0.2, 0) is 13.0 Å². The molecule has 1 amide bonds. The topological polar surface area (TPSA) is 46.9 Å². The molecule has 134 valence electrons. The minimum atomic E-state index is -0.0543. The van der Waals surface area contributed by atoms with Gasteiger partial charge in [0.2, 0.25) is 0 Å². The van der Waals surface area contributed by atoms with E-state index in [1.54, 1.807) is 0 Å². The van der Waals surface area contributed by atoms with Gasteiger partial charge in [-0.2, -0.15) is 0 Å². The second-order valence-electron chi connectivity index (χ2n) is 6.46. The van der Waals surface area contributed by atoms with Crippen LogP contribution in [0.5, 0.6) is 0 Å². The molecule has 4 nitrogen and oxygen atoms in total. The zero-order valence-electron chi connectivity index (χ0n) is 15.0. The van der Waals surface area contributed by atoms with Gasteiger partial charge in [-0.3, -0.25) is 4.79 Å². The number of nitrogens with one attached hydrogen (secondary N) is 1. The van der Waals surface area contributed by atoms with Crippen molar-refractivity contribution in [2.24, 2.45) is 0 Å². The molecule has 3 aromatic carbocycles. The zero-order chi connectivity index (χ0) is 18.5. The largest absolute Gasteiger partial charge is 0.352 e. The molecule has 4 heteroatoms. The van der Waals surface area contributed by atoms with E-state index in [2.05, 4.69) is 28.1 Å². The number of hydrogen-bond acceptors (Lipinski definition) is 2. The lowest BCUT2D eigenvalue weighted by Gasteiger charge is -2.10. The fourth-order valence-corrected chi connectivity index (χ4v) is 3.24. The van der Waals surface area contributed by atoms with E-state index in [0.717, 1.165) is 23.4 Å². The molecule has 27 heavy (non-hydrogen) atoms. The van der Waals surface area contributed by atoms with Crippen molar-refractivity contribution in [3.63, 3.8) is 0 Å². The Hall–Kier alpha value is -3.40. The first-order valence-electron chi connectivity index (χ1n) is 9.12. The summed E-state index contributed by atoms with van der Waals surface area (Å²) in [6.45, 7) is 1.31. The molecule has 1 N–H and O–H groups in total. The summed E-state index contributed by atoms with van der Waals surface area (Å²) in [5.41, 5.74) is 4.01. The van der Waals surface area contributed by atoms with Crippen molar-refractivity contribution >= 4 is 16.9 Å². The number of rotatable bonds is 6. The number of carbonyl (C=O) groups excluding carboxylic acids is 1. The molecular formula is C23H21N3O. The third kappa shape index (κ3) is 3.90. The van der Waals surface area contributed by atoms with Gasteiger partial charge >= 0.3 is 0 Å². The van der Waals surface area contributed by atoms with Gasteiger partial charge in [-0.25, -0.2) is 4.98 Å². The number of fused-ring (bicyclic) bond motifs is 1. The first-order chi connectivity index (χ1) is 13.3. The molecule has 0 fully saturated rings. The van der Waals surface area contributed by atoms with Crippen LogP contribution in [-0.4, -0.2) is 22.0 Å². The van der Waals surface area contributed by atoms with E-state index in [-0.39, 0.29) is 5.91 Å². The summed E-state index contributed by atoms with van der Waals surface area (Å²) >= 11 is 0. The first-order valence-corrected chi connectivity index (χ1v) is 9.12. The lowest BCUT2D eigenvalue weighted by molar-refractivity contribution is 0.0954. The van der Waals surface area contributed by atoms with Crippen LogP contribution in [0.2, 0.25) is 0 Å². The van der Waals surface area contributed by atoms with E-state index in [4.69, 9.17) is 4.98 Å². The number of benzene rings is 3. The Morgan fingerprint density at radius 3 is 2.30 bits per heavy atom. The standard InChI is InChI=1S/C23H21N3O/c27-23(19-11-5-2-6-12-19)24-16-15-22-25-20-13-7-8-14-21(20)26(22)17-18-9-3-1-4-10-18/h1-14H,15-17H2,(H,24,27). The first kappa shape index (κ1) is 17.0. The van der Waals surface area contributed by atoms with Crippen LogP contribution in [0.15, 0.2) is 84.9 Å². The Bertz CT molecular complexity index is 1040. The molecule has 0 aliphatic rings. The summed E-state index contributed by atoms with van der Waals surface area (Å²) in [6, 6.07) is 27.8. The van der Waals surface area contributed by atoms with Gasteiger partial charge in [0, 0.05) is 25.1 Å². The van der Waals surface area contributed by atoms with Gasteiger partial charge < -0.3 is 9.88 Å². The van der Waals surface area contributed by atoms with E-state index in [9.17, 15) is 4.79 Å². The van der Waals surface area contributed by atoms with Crippen molar-refractivity contribution in [2.45, 2.75) is 13.0 Å². The highest BCUT2D eigenvalue weighted by Gasteiger charge is 2.11. The highest BCUT2D eigenvalue weighted by molar-refractivity contribution is 5.94. The van der Waals surface area contributed by atoms with Crippen LogP contribution in [0.25, 0.3) is 11.0 Å². The van der Waals surface area contributed by atoms with Crippen LogP contribution in [0.4, 0.5) is 0 Å². The molecule has 1 heterocycles. The van der Waals surface area contributed by atoms with Crippen molar-refractivity contribution in [3.8, 4) is 0 Å². The number of hydrogen-bond donors (Lipinski definition) is 1. The SMILES string of the molecule is O=C(NCCc1nc2ccccc2n1Cc1ccccc1)c1ccccc1. The molecule has 1 aromatic heterocycles. The monoisotopic (exact) mass is 355 g/mol. The highest BCUT2D eigenvalue weighted by Crippen LogP contribution is 2.18. The number of carbonyl (C=O) groups is 1. The second-order valence-corrected chi connectivity index (χ2v) is 6.46. The molecule has 0 radical (unpaired) electrons. The van der Waals surface area contributed by atoms with E-state index in [1.165, 1.54) is 5.56 Å². The molecule has 0 aliphatic heterocycles. The zero-order valence-corrected chi connectivity index (χ0v) is 15.0. The van der Waals surface area contributed by atoms with Gasteiger partial charge in [-0.1, -0.05) is 60.7 Å². The van der Waals surface area contributed by atoms with Crippen LogP contribution >= 0.6 is 0 Å². The highest BCUT2D eigenvalue weighted by atomic mass is 16.1. The van der Waals surface area contributed by atoms with Crippen molar-refractivity contribution in [1.82, 2.24) is 14.9 Å². The van der Waals surface area contributed by atoms with Crippen molar-refractivity contribution < 1.29 is 4.79 Å². The van der Waals surface area contributed by atoms with Crippen molar-refractivity contribution in [3.05, 3.63) is 102 Å². The molecule has 0 unspecified atom stereocenters. The molecule has 0 saturated heterocycles. The van der Waals surface area contributed by atoms with Gasteiger partial charge in [-0.05, 0) is 29.8 Å². The molecule has 4 aromatic rings. The fraction of sp³-hybridized carbons (Fsp3) is 0.130. The third-order valence-electron chi connectivity index (χ3n) is 4.59. The molecule has 0 atom stereocenters. The number of imidazole rings is 1. The quantitative estimate of drug-likeness (QED) is 0.567. The molecule has 4 rings (SSSR count). The minimum Gasteiger partial charge on any atom is -0.352 e. The predicted octanol–water partition coefficient (Wildman–Crippen LogP) is 4.06. The normalized spacial score (nSPS) is 10.8. The van der Waals surface area contributed by atoms with Crippen molar-refractivity contribution in [1.29, 1.82) is 0 Å². The van der Waals surface area contributed by atoms with Crippen LogP contribution < -0.4 is 5.32 Å². The van der Waals surface area contributed by atoms with Crippen molar-refractivity contribution in [2.75, 3.05) is 6.54 Å². The van der Waals surface area contributed by atoms with E-state index in [1.807, 2.05) is 66.7 Å². The Balaban J connectivity index is 1.52. The van der Waals surface area contributed by atoms with Gasteiger partial charge in [0.25, 0.3) is 5.91 Å². The minimum absolute atomic E-state index is 0.0543. The Morgan fingerprint density at radius 1 is 0.852 bits per heavy atom. The van der Waals surface area contributed by atoms with Gasteiger partial charge in [0.05, 0.1) is 11.0 Å². The smallest absolute Gasteiger partial charge is 0.251 e. The average Bonchev–Trinajstić information content (AvgIpc) is 3.07. The van der Waals surface area contributed by atoms with Crippen LogP contribution in [0.1, 0.15) is 21.7 Å². The van der Waals surface area contributed by atoms with E-state index >= 15 is 0 Å². The fourth-order valence-electron chi connectivity index (χ4n) is 3.24. The summed E-state index contributed by atoms with van der Waals surface area (Å²) in [5, 5.41) is 2.99. The number of aromatic nitrogens is 2. The van der Waals surface area contributed by atoms with Gasteiger partial charge in [-0.15, -0.1) is 0 Å². The number of para-hydroxylation sites is 2. The number of nitrogens with zero attached hydrogens (tertiary/aromatic N) is 2. The predicted molar refractivity (Wildman–Crippen MR) is 108 cm³/mol. The lowest BCUT2D eigenvalue weighted by Crippen LogP contribution is -2.26. The lowest BCUT2D eigenvalue weighted by atomic mass is 10.2. The Kier molecular flexibility index (Phi) is 4.97. The number of amides is 1. The molecule has 0 aliphatic carbocycles. The molecular weight excluding hydrogens is 334 g/mol. The summed E-state index contributed by atoms with van der Waals surface area (Å²) in [6.07, 6.45) is 0.681. The summed E-state index contributed by atoms with van der Waals surface area (Å²) in [4.78, 5) is 17.0. The second kappa shape index (κ2) is 7.87. The van der Waals surface area contributed by atoms with Gasteiger partial charge in [0.15, 0.2) is 0 Å². The average molecular weight is 355 g/mol. The molecule has 0 saturated carbocycles. The maximum absolute atomic E-state index is 12.2. The summed E-state index contributed by atoms with van der Waals surface area (Å²) in [5.74, 6) is 0.926. The van der Waals surface area contributed by atoms with E-state index < -0.39 is 0 Å². The maximum atomic E-state index is 12.2. The Labute approximate surface area is 158 Å². The third-order valence-corrected chi connectivity index (χ3v) is 4.59. The Morgan fingerprint density at radius 2 is 1.52 bits per heavy atom. The maximum Gasteiger partial charge on any atom is 0.251 e. The molecule has 0 bridgehead atoms. The van der Waals surface area contributed by atoms with Crippen LogP contribution in [0, 0.1) is 0 Å². The van der Waals surface area contributed by atoms with Crippen LogP contribution in [0.3, 0.4) is 0 Å². The van der Waals surface area contributed by atoms with E-state index in [0.29, 0.717) is 18.5 Å². The molecule has 0 spiro atoms. The summed E-state index contributed by atoms with van der Waals surface area (Å²) < 4.78 is 2.24. The summed E-state index contributed by atoms with van der Waals surface area (Å²) in [7, 11) is 0.